The quantitative estimate of drug-likeness (QED) is 0.904. The number of carbonyl (C=O) groups is 1. The van der Waals surface area contributed by atoms with Gasteiger partial charge in [0.05, 0.1) is 17.4 Å². The van der Waals surface area contributed by atoms with E-state index in [9.17, 15) is 9.18 Å². The third kappa shape index (κ3) is 5.02. The molecule has 0 saturated carbocycles. The van der Waals surface area contributed by atoms with E-state index < -0.39 is 0 Å². The second-order valence-corrected chi connectivity index (χ2v) is 6.47. The first-order valence-electron chi connectivity index (χ1n) is 8.95. The summed E-state index contributed by atoms with van der Waals surface area (Å²) in [4.78, 5) is 18.9. The summed E-state index contributed by atoms with van der Waals surface area (Å²) in [6.45, 7) is 2.56. The van der Waals surface area contributed by atoms with Crippen LogP contribution in [0.3, 0.4) is 0 Å². The second kappa shape index (κ2) is 8.60. The lowest BCUT2D eigenvalue weighted by Gasteiger charge is -2.22. The van der Waals surface area contributed by atoms with Crippen LogP contribution in [0.1, 0.15) is 41.6 Å². The number of halogens is 1. The van der Waals surface area contributed by atoms with E-state index >= 15 is 0 Å². The zero-order chi connectivity index (χ0) is 17.5. The highest BCUT2D eigenvalue weighted by Gasteiger charge is 2.13. The average molecular weight is 341 g/mol. The van der Waals surface area contributed by atoms with Crippen molar-refractivity contribution >= 4 is 11.6 Å². The van der Waals surface area contributed by atoms with Gasteiger partial charge in [0.1, 0.15) is 5.82 Å². The Bertz CT molecular complexity index is 694. The molecule has 1 aromatic heterocycles. The van der Waals surface area contributed by atoms with E-state index in [0.29, 0.717) is 18.5 Å². The molecule has 3 rings (SSSR count). The number of hydrogen-bond acceptors (Lipinski definition) is 3. The minimum absolute atomic E-state index is 0.119. The number of carbonyl (C=O) groups excluding carboxylic acids is 1. The first-order valence-corrected chi connectivity index (χ1v) is 8.95. The fourth-order valence-corrected chi connectivity index (χ4v) is 3.13. The van der Waals surface area contributed by atoms with E-state index in [1.54, 1.807) is 18.3 Å². The van der Waals surface area contributed by atoms with Gasteiger partial charge in [0.15, 0.2) is 0 Å². The van der Waals surface area contributed by atoms with Gasteiger partial charge in [0.25, 0.3) is 5.91 Å². The molecular formula is C20H24FN3O. The van der Waals surface area contributed by atoms with Crippen molar-refractivity contribution < 1.29 is 9.18 Å². The molecule has 0 radical (unpaired) electrons. The molecular weight excluding hydrogens is 317 g/mol. The Morgan fingerprint density at radius 3 is 2.52 bits per heavy atom. The SMILES string of the molecule is O=C(NCCc1ccc(F)cc1)c1cncc(N2CCCCCC2)c1. The van der Waals surface area contributed by atoms with Crippen molar-refractivity contribution in [3.63, 3.8) is 0 Å². The lowest BCUT2D eigenvalue weighted by molar-refractivity contribution is 0.0954. The standard InChI is InChI=1S/C20H24FN3O/c21-18-7-5-16(6-8-18)9-10-23-20(25)17-13-19(15-22-14-17)24-11-3-1-2-4-12-24/h5-8,13-15H,1-4,9-12H2,(H,23,25). The largest absolute Gasteiger partial charge is 0.370 e. The second-order valence-electron chi connectivity index (χ2n) is 6.47. The Kier molecular flexibility index (Phi) is 5.99. The molecule has 1 aliphatic heterocycles. The number of nitrogens with zero attached hydrogens (tertiary/aromatic N) is 2. The normalized spacial score (nSPS) is 14.8. The number of rotatable bonds is 5. The number of nitrogens with one attached hydrogen (secondary N) is 1. The molecule has 4 nitrogen and oxygen atoms in total. The number of benzene rings is 1. The van der Waals surface area contributed by atoms with Gasteiger partial charge in [0, 0.05) is 25.8 Å². The highest BCUT2D eigenvalue weighted by Crippen LogP contribution is 2.19. The minimum atomic E-state index is -0.246. The lowest BCUT2D eigenvalue weighted by atomic mass is 10.1. The van der Waals surface area contributed by atoms with Crippen LogP contribution in [0.15, 0.2) is 42.7 Å². The molecule has 25 heavy (non-hydrogen) atoms. The fraction of sp³-hybridized carbons (Fsp3) is 0.400. The zero-order valence-corrected chi connectivity index (χ0v) is 14.4. The molecule has 1 amide bonds. The van der Waals surface area contributed by atoms with Crippen LogP contribution in [0.4, 0.5) is 10.1 Å². The van der Waals surface area contributed by atoms with Crippen LogP contribution in [0, 0.1) is 5.82 Å². The third-order valence-electron chi connectivity index (χ3n) is 4.57. The van der Waals surface area contributed by atoms with Crippen LogP contribution >= 0.6 is 0 Å². The zero-order valence-electron chi connectivity index (χ0n) is 14.4. The van der Waals surface area contributed by atoms with E-state index in [1.165, 1.54) is 37.8 Å². The smallest absolute Gasteiger partial charge is 0.252 e. The van der Waals surface area contributed by atoms with Crippen molar-refractivity contribution in [1.29, 1.82) is 0 Å². The Hall–Kier alpha value is -2.43. The van der Waals surface area contributed by atoms with E-state index in [0.717, 1.165) is 24.3 Å². The summed E-state index contributed by atoms with van der Waals surface area (Å²) in [6, 6.07) is 8.27. The van der Waals surface area contributed by atoms with Crippen molar-refractivity contribution in [3.05, 3.63) is 59.7 Å². The molecule has 2 aromatic rings. The van der Waals surface area contributed by atoms with Gasteiger partial charge in [-0.2, -0.15) is 0 Å². The van der Waals surface area contributed by atoms with Gasteiger partial charge in [0.2, 0.25) is 0 Å². The molecule has 0 atom stereocenters. The number of aromatic nitrogens is 1. The van der Waals surface area contributed by atoms with Gasteiger partial charge in [-0.3, -0.25) is 9.78 Å². The van der Waals surface area contributed by atoms with Crippen molar-refractivity contribution in [2.24, 2.45) is 0 Å². The Morgan fingerprint density at radius 1 is 1.08 bits per heavy atom. The van der Waals surface area contributed by atoms with Crippen LogP contribution in [0.5, 0.6) is 0 Å². The third-order valence-corrected chi connectivity index (χ3v) is 4.57. The van der Waals surface area contributed by atoms with Gasteiger partial charge in [-0.05, 0) is 43.0 Å². The molecule has 132 valence electrons. The summed E-state index contributed by atoms with van der Waals surface area (Å²) in [7, 11) is 0. The summed E-state index contributed by atoms with van der Waals surface area (Å²) < 4.78 is 12.9. The number of pyridine rings is 1. The highest BCUT2D eigenvalue weighted by atomic mass is 19.1. The molecule has 5 heteroatoms. The fourth-order valence-electron chi connectivity index (χ4n) is 3.13. The number of hydrogen-bond donors (Lipinski definition) is 1. The summed E-state index contributed by atoms with van der Waals surface area (Å²) in [5, 5.41) is 2.91. The van der Waals surface area contributed by atoms with Crippen molar-refractivity contribution in [3.8, 4) is 0 Å². The van der Waals surface area contributed by atoms with Gasteiger partial charge in [-0.15, -0.1) is 0 Å². The first-order chi connectivity index (χ1) is 12.2. The predicted molar refractivity (Wildman–Crippen MR) is 97.4 cm³/mol. The Labute approximate surface area is 148 Å². The van der Waals surface area contributed by atoms with Crippen LogP contribution < -0.4 is 10.2 Å². The van der Waals surface area contributed by atoms with Gasteiger partial charge in [-0.25, -0.2) is 4.39 Å². The topological polar surface area (TPSA) is 45.2 Å². The van der Waals surface area contributed by atoms with Crippen LogP contribution in [0.25, 0.3) is 0 Å². The molecule has 1 N–H and O–H groups in total. The maximum Gasteiger partial charge on any atom is 0.252 e. The molecule has 1 aliphatic rings. The summed E-state index contributed by atoms with van der Waals surface area (Å²) in [6.07, 6.45) is 9.03. The Morgan fingerprint density at radius 2 is 1.80 bits per heavy atom. The molecule has 0 unspecified atom stereocenters. The number of anilines is 1. The van der Waals surface area contributed by atoms with E-state index in [1.807, 2.05) is 12.3 Å². The van der Waals surface area contributed by atoms with Gasteiger partial charge >= 0.3 is 0 Å². The summed E-state index contributed by atoms with van der Waals surface area (Å²) in [5.74, 6) is -0.365. The average Bonchev–Trinajstić information content (AvgIpc) is 2.93. The number of amides is 1. The van der Waals surface area contributed by atoms with Crippen LogP contribution in [-0.4, -0.2) is 30.5 Å². The van der Waals surface area contributed by atoms with Gasteiger partial charge < -0.3 is 10.2 Å². The first kappa shape index (κ1) is 17.4. The molecule has 0 bridgehead atoms. The Balaban J connectivity index is 1.56. The van der Waals surface area contributed by atoms with Crippen molar-refractivity contribution in [2.45, 2.75) is 32.1 Å². The highest BCUT2D eigenvalue weighted by molar-refractivity contribution is 5.94. The maximum absolute atomic E-state index is 12.9. The monoisotopic (exact) mass is 341 g/mol. The molecule has 2 heterocycles. The summed E-state index contributed by atoms with van der Waals surface area (Å²) >= 11 is 0. The minimum Gasteiger partial charge on any atom is -0.370 e. The predicted octanol–water partition coefficient (Wildman–Crippen LogP) is 3.57. The van der Waals surface area contributed by atoms with E-state index in [4.69, 9.17) is 0 Å². The van der Waals surface area contributed by atoms with Gasteiger partial charge in [-0.1, -0.05) is 25.0 Å². The molecule has 0 aliphatic carbocycles. The van der Waals surface area contributed by atoms with Crippen LogP contribution in [-0.2, 0) is 6.42 Å². The van der Waals surface area contributed by atoms with Crippen LogP contribution in [0.2, 0.25) is 0 Å². The lowest BCUT2D eigenvalue weighted by Crippen LogP contribution is -2.27. The van der Waals surface area contributed by atoms with Crippen molar-refractivity contribution in [1.82, 2.24) is 10.3 Å². The molecule has 1 fully saturated rings. The van der Waals surface area contributed by atoms with E-state index in [2.05, 4.69) is 15.2 Å². The molecule has 1 aromatic carbocycles. The maximum atomic E-state index is 12.9. The molecule has 0 spiro atoms. The van der Waals surface area contributed by atoms with E-state index in [-0.39, 0.29) is 11.7 Å². The molecule has 1 saturated heterocycles. The summed E-state index contributed by atoms with van der Waals surface area (Å²) in [5.41, 5.74) is 2.60. The van der Waals surface area contributed by atoms with Crippen molar-refractivity contribution in [2.75, 3.05) is 24.5 Å².